The number of rotatable bonds is 5. The van der Waals surface area contributed by atoms with Crippen LogP contribution in [0.1, 0.15) is 24.8 Å². The van der Waals surface area contributed by atoms with Crippen LogP contribution in [0.3, 0.4) is 0 Å². The van der Waals surface area contributed by atoms with Gasteiger partial charge in [-0.25, -0.2) is 8.42 Å². The Balaban J connectivity index is 2.04. The lowest BCUT2D eigenvalue weighted by molar-refractivity contribution is -0.129. The van der Waals surface area contributed by atoms with Gasteiger partial charge in [0.25, 0.3) is 10.0 Å². The minimum Gasteiger partial charge on any atom is -0.495 e. The van der Waals surface area contributed by atoms with Crippen molar-refractivity contribution in [1.29, 1.82) is 0 Å². The van der Waals surface area contributed by atoms with Crippen molar-refractivity contribution in [2.24, 2.45) is 0 Å². The number of sulfonamides is 1. The number of carbonyl (C=O) groups is 2. The molecule has 1 fully saturated rings. The number of methoxy groups -OCH3 is 1. The van der Waals surface area contributed by atoms with Crippen molar-refractivity contribution in [2.75, 3.05) is 16.7 Å². The third-order valence-corrected chi connectivity index (χ3v) is 6.03. The van der Waals surface area contributed by atoms with E-state index >= 15 is 0 Å². The fourth-order valence-corrected chi connectivity index (χ4v) is 4.54. The van der Waals surface area contributed by atoms with Gasteiger partial charge in [-0.15, -0.1) is 0 Å². The van der Waals surface area contributed by atoms with E-state index in [2.05, 4.69) is 4.72 Å². The van der Waals surface area contributed by atoms with Crippen molar-refractivity contribution >= 4 is 44.8 Å². The van der Waals surface area contributed by atoms with Gasteiger partial charge in [-0.05, 0) is 55.3 Å². The van der Waals surface area contributed by atoms with Gasteiger partial charge in [-0.3, -0.25) is 19.2 Å². The summed E-state index contributed by atoms with van der Waals surface area (Å²) in [6.45, 7) is 1.72. The summed E-state index contributed by atoms with van der Waals surface area (Å²) in [7, 11) is -2.71. The standard InChI is InChI=1S/C19H19ClN2O5S/c1-12-10-13(20)6-8-15(12)21-28(25,26)17-11-14(7-9-16(17)27-2)22-18(23)4-3-5-19(22)24/h6-11,21H,3-5H2,1-2H3. The van der Waals surface area contributed by atoms with Crippen molar-refractivity contribution in [2.45, 2.75) is 31.1 Å². The molecule has 1 aliphatic heterocycles. The molecule has 28 heavy (non-hydrogen) atoms. The number of amides is 2. The first-order valence-electron chi connectivity index (χ1n) is 8.56. The van der Waals surface area contributed by atoms with Crippen molar-refractivity contribution in [3.63, 3.8) is 0 Å². The number of carbonyl (C=O) groups excluding carboxylic acids is 2. The van der Waals surface area contributed by atoms with Gasteiger partial charge < -0.3 is 4.74 Å². The maximum atomic E-state index is 13.0. The average molecular weight is 423 g/mol. The zero-order valence-electron chi connectivity index (χ0n) is 15.4. The van der Waals surface area contributed by atoms with Crippen LogP contribution >= 0.6 is 11.6 Å². The first kappa shape index (κ1) is 20.2. The Labute approximate surface area is 168 Å². The van der Waals surface area contributed by atoms with Crippen LogP contribution in [0.4, 0.5) is 11.4 Å². The van der Waals surface area contributed by atoms with Gasteiger partial charge in [0, 0.05) is 17.9 Å². The predicted octanol–water partition coefficient (Wildman–Crippen LogP) is 3.50. The minimum absolute atomic E-state index is 0.0970. The van der Waals surface area contributed by atoms with Crippen LogP contribution in [0.15, 0.2) is 41.3 Å². The highest BCUT2D eigenvalue weighted by molar-refractivity contribution is 7.92. The molecule has 0 atom stereocenters. The zero-order chi connectivity index (χ0) is 20.5. The molecule has 0 unspecified atom stereocenters. The molecule has 2 amide bonds. The van der Waals surface area contributed by atoms with E-state index in [-0.39, 0.29) is 41.0 Å². The van der Waals surface area contributed by atoms with E-state index in [0.29, 0.717) is 22.7 Å². The fourth-order valence-electron chi connectivity index (χ4n) is 3.00. The Morgan fingerprint density at radius 2 is 1.75 bits per heavy atom. The third-order valence-electron chi connectivity index (χ3n) is 4.41. The van der Waals surface area contributed by atoms with E-state index in [1.165, 1.54) is 25.3 Å². The number of benzene rings is 2. The summed E-state index contributed by atoms with van der Waals surface area (Å²) in [5.41, 5.74) is 1.21. The molecule has 1 N–H and O–H groups in total. The highest BCUT2D eigenvalue weighted by Crippen LogP contribution is 2.33. The summed E-state index contributed by atoms with van der Waals surface area (Å²) in [6, 6.07) is 8.96. The van der Waals surface area contributed by atoms with Crippen LogP contribution in [0.25, 0.3) is 0 Å². The van der Waals surface area contributed by atoms with E-state index in [1.54, 1.807) is 25.1 Å². The second-order valence-electron chi connectivity index (χ2n) is 6.38. The first-order chi connectivity index (χ1) is 13.2. The van der Waals surface area contributed by atoms with Crippen molar-refractivity contribution in [3.8, 4) is 5.75 Å². The van der Waals surface area contributed by atoms with E-state index in [4.69, 9.17) is 16.3 Å². The molecule has 1 heterocycles. The normalized spacial score (nSPS) is 14.9. The Bertz CT molecular complexity index is 1040. The van der Waals surface area contributed by atoms with Gasteiger partial charge in [-0.1, -0.05) is 11.6 Å². The Morgan fingerprint density at radius 1 is 1.07 bits per heavy atom. The summed E-state index contributed by atoms with van der Waals surface area (Å²) >= 11 is 5.92. The summed E-state index contributed by atoms with van der Waals surface area (Å²) in [4.78, 5) is 25.2. The molecule has 0 radical (unpaired) electrons. The van der Waals surface area contributed by atoms with Gasteiger partial charge in [-0.2, -0.15) is 0 Å². The number of hydrogen-bond acceptors (Lipinski definition) is 5. The molecule has 7 nitrogen and oxygen atoms in total. The van der Waals surface area contributed by atoms with Gasteiger partial charge in [0.15, 0.2) is 0 Å². The fraction of sp³-hybridized carbons (Fsp3) is 0.263. The second kappa shape index (κ2) is 7.81. The number of ether oxygens (including phenoxy) is 1. The Kier molecular flexibility index (Phi) is 5.62. The number of nitrogens with one attached hydrogen (secondary N) is 1. The van der Waals surface area contributed by atoms with Crippen LogP contribution < -0.4 is 14.4 Å². The molecule has 0 bridgehead atoms. The highest BCUT2D eigenvalue weighted by atomic mass is 35.5. The van der Waals surface area contributed by atoms with Crippen LogP contribution in [0.5, 0.6) is 5.75 Å². The predicted molar refractivity (Wildman–Crippen MR) is 106 cm³/mol. The van der Waals surface area contributed by atoms with E-state index in [0.717, 1.165) is 4.90 Å². The van der Waals surface area contributed by atoms with E-state index in [9.17, 15) is 18.0 Å². The molecule has 2 aromatic carbocycles. The number of nitrogens with zero attached hydrogens (tertiary/aromatic N) is 1. The zero-order valence-corrected chi connectivity index (χ0v) is 16.9. The molecular formula is C19H19ClN2O5S. The minimum atomic E-state index is -4.05. The van der Waals surface area contributed by atoms with Crippen molar-refractivity contribution in [3.05, 3.63) is 47.0 Å². The van der Waals surface area contributed by atoms with Crippen LogP contribution in [0, 0.1) is 6.92 Å². The number of imide groups is 1. The molecule has 0 saturated carbocycles. The topological polar surface area (TPSA) is 92.8 Å². The molecule has 148 valence electrons. The molecular weight excluding hydrogens is 404 g/mol. The molecule has 2 aromatic rings. The summed E-state index contributed by atoms with van der Waals surface area (Å²) in [5.74, 6) is -0.614. The molecule has 0 spiro atoms. The molecule has 0 aromatic heterocycles. The molecule has 0 aliphatic carbocycles. The lowest BCUT2D eigenvalue weighted by atomic mass is 10.1. The Morgan fingerprint density at radius 3 is 2.36 bits per heavy atom. The monoisotopic (exact) mass is 422 g/mol. The highest BCUT2D eigenvalue weighted by Gasteiger charge is 2.30. The van der Waals surface area contributed by atoms with Gasteiger partial charge >= 0.3 is 0 Å². The number of aryl methyl sites for hydroxylation is 1. The largest absolute Gasteiger partial charge is 0.495 e. The van der Waals surface area contributed by atoms with Crippen molar-refractivity contribution in [1.82, 2.24) is 0 Å². The lowest BCUT2D eigenvalue weighted by Crippen LogP contribution is -2.40. The first-order valence-corrected chi connectivity index (χ1v) is 10.4. The number of anilines is 2. The van der Waals surface area contributed by atoms with E-state index < -0.39 is 10.0 Å². The quantitative estimate of drug-likeness (QED) is 0.744. The summed E-state index contributed by atoms with van der Waals surface area (Å²) in [5, 5.41) is 0.488. The van der Waals surface area contributed by atoms with E-state index in [1.807, 2.05) is 0 Å². The second-order valence-corrected chi connectivity index (χ2v) is 8.46. The average Bonchev–Trinajstić information content (AvgIpc) is 2.64. The van der Waals surface area contributed by atoms with Gasteiger partial charge in [0.2, 0.25) is 11.8 Å². The Hall–Kier alpha value is -2.58. The molecule has 1 aliphatic rings. The van der Waals surface area contributed by atoms with Gasteiger partial charge in [0.1, 0.15) is 10.6 Å². The summed E-state index contributed by atoms with van der Waals surface area (Å²) < 4.78 is 33.7. The molecule has 9 heteroatoms. The summed E-state index contributed by atoms with van der Waals surface area (Å²) in [6.07, 6.45) is 0.969. The lowest BCUT2D eigenvalue weighted by Gasteiger charge is -2.25. The third kappa shape index (κ3) is 3.98. The van der Waals surface area contributed by atoms with Crippen molar-refractivity contribution < 1.29 is 22.7 Å². The molecule has 3 rings (SSSR count). The van der Waals surface area contributed by atoms with Crippen LogP contribution in [-0.4, -0.2) is 27.3 Å². The SMILES string of the molecule is COc1ccc(N2C(=O)CCCC2=O)cc1S(=O)(=O)Nc1ccc(Cl)cc1C. The molecule has 1 saturated heterocycles. The number of halogens is 1. The maximum absolute atomic E-state index is 13.0. The van der Waals surface area contributed by atoms with Crippen LogP contribution in [-0.2, 0) is 19.6 Å². The number of hydrogen-bond donors (Lipinski definition) is 1. The van der Waals surface area contributed by atoms with Crippen LogP contribution in [0.2, 0.25) is 5.02 Å². The van der Waals surface area contributed by atoms with Gasteiger partial charge in [0.05, 0.1) is 18.5 Å². The smallest absolute Gasteiger partial charge is 0.265 e. The maximum Gasteiger partial charge on any atom is 0.265 e. The number of piperidine rings is 1.